The molecular weight excluding hydrogens is 264 g/mol. The van der Waals surface area contributed by atoms with E-state index in [4.69, 9.17) is 0 Å². The van der Waals surface area contributed by atoms with Crippen molar-refractivity contribution in [3.63, 3.8) is 0 Å². The van der Waals surface area contributed by atoms with Gasteiger partial charge in [0.2, 0.25) is 0 Å². The molecule has 1 rings (SSSR count). The normalized spacial score (nSPS) is 14.6. The van der Waals surface area contributed by atoms with Gasteiger partial charge in [-0.05, 0) is 5.56 Å². The highest BCUT2D eigenvalue weighted by molar-refractivity contribution is 7.87. The van der Waals surface area contributed by atoms with Crippen molar-refractivity contribution in [2.24, 2.45) is 5.41 Å². The molecule has 0 heterocycles. The summed E-state index contributed by atoms with van der Waals surface area (Å²) in [6.45, 7) is 3.52. The topological polar surface area (TPSA) is 69.6 Å². The molecule has 0 unspecified atom stereocenters. The van der Waals surface area contributed by atoms with Crippen molar-refractivity contribution in [2.75, 3.05) is 20.7 Å². The Kier molecular flexibility index (Phi) is 5.09. The van der Waals surface area contributed by atoms with Gasteiger partial charge in [0.05, 0.1) is 12.6 Å². The summed E-state index contributed by atoms with van der Waals surface area (Å²) >= 11 is 0. The lowest BCUT2D eigenvalue weighted by atomic mass is 9.82. The van der Waals surface area contributed by atoms with Crippen LogP contribution in [0.1, 0.15) is 25.5 Å². The first-order chi connectivity index (χ1) is 8.70. The van der Waals surface area contributed by atoms with Crippen LogP contribution in [-0.2, 0) is 10.2 Å². The molecular formula is C13H22N2O3S. The number of benzene rings is 1. The molecule has 1 aromatic carbocycles. The minimum atomic E-state index is -3.57. The fourth-order valence-electron chi connectivity index (χ4n) is 1.67. The van der Waals surface area contributed by atoms with Gasteiger partial charge in [-0.15, -0.1) is 0 Å². The highest BCUT2D eigenvalue weighted by Crippen LogP contribution is 2.33. The molecule has 5 nitrogen and oxygen atoms in total. The Bertz CT molecular complexity index is 498. The van der Waals surface area contributed by atoms with Crippen molar-refractivity contribution >= 4 is 10.2 Å². The first kappa shape index (κ1) is 16.1. The number of aliphatic hydroxyl groups is 1. The zero-order chi connectivity index (χ0) is 14.7. The van der Waals surface area contributed by atoms with E-state index in [2.05, 4.69) is 4.72 Å². The molecule has 1 aromatic rings. The van der Waals surface area contributed by atoms with Crippen molar-refractivity contribution < 1.29 is 13.5 Å². The number of nitrogens with one attached hydrogen (secondary N) is 1. The lowest BCUT2D eigenvalue weighted by Crippen LogP contribution is -2.44. The Morgan fingerprint density at radius 3 is 2.21 bits per heavy atom. The maximum atomic E-state index is 12.0. The number of hydrogen-bond acceptors (Lipinski definition) is 3. The van der Waals surface area contributed by atoms with E-state index in [9.17, 15) is 13.5 Å². The summed E-state index contributed by atoms with van der Waals surface area (Å²) in [5, 5.41) is 9.51. The largest absolute Gasteiger partial charge is 0.396 e. The van der Waals surface area contributed by atoms with Crippen LogP contribution < -0.4 is 4.72 Å². The minimum Gasteiger partial charge on any atom is -0.396 e. The molecule has 0 fully saturated rings. The predicted octanol–water partition coefficient (Wildman–Crippen LogP) is 1.14. The third kappa shape index (κ3) is 4.01. The summed E-state index contributed by atoms with van der Waals surface area (Å²) in [6, 6.07) is 8.76. The highest BCUT2D eigenvalue weighted by Gasteiger charge is 2.34. The highest BCUT2D eigenvalue weighted by atomic mass is 32.2. The van der Waals surface area contributed by atoms with Gasteiger partial charge in [-0.1, -0.05) is 44.2 Å². The van der Waals surface area contributed by atoms with Gasteiger partial charge in [0.25, 0.3) is 10.2 Å². The summed E-state index contributed by atoms with van der Waals surface area (Å²) in [4.78, 5) is 0. The maximum Gasteiger partial charge on any atom is 0.279 e. The Morgan fingerprint density at radius 2 is 1.79 bits per heavy atom. The molecule has 0 bridgehead atoms. The SMILES string of the molecule is CN(C)S(=O)(=O)N[C@@H](c1ccccc1)C(C)(C)CO. The Labute approximate surface area is 115 Å². The average molecular weight is 286 g/mol. The number of rotatable bonds is 6. The van der Waals surface area contributed by atoms with Crippen molar-refractivity contribution in [3.05, 3.63) is 35.9 Å². The Morgan fingerprint density at radius 1 is 1.26 bits per heavy atom. The third-order valence-corrected chi connectivity index (χ3v) is 4.56. The molecule has 0 aliphatic heterocycles. The lowest BCUT2D eigenvalue weighted by Gasteiger charge is -2.34. The standard InChI is InChI=1S/C13H22N2O3S/c1-13(2,10-16)12(11-8-6-5-7-9-11)14-19(17,18)15(3)4/h5-9,12,14,16H,10H2,1-4H3/t12-/m0/s1. The Hall–Kier alpha value is -0.950. The van der Waals surface area contributed by atoms with Crippen molar-refractivity contribution in [1.29, 1.82) is 0 Å². The van der Waals surface area contributed by atoms with E-state index < -0.39 is 21.7 Å². The van der Waals surface area contributed by atoms with E-state index in [0.717, 1.165) is 9.87 Å². The fourth-order valence-corrected chi connectivity index (χ4v) is 2.63. The van der Waals surface area contributed by atoms with Gasteiger partial charge in [0.15, 0.2) is 0 Å². The predicted molar refractivity (Wildman–Crippen MR) is 75.8 cm³/mol. The molecule has 0 radical (unpaired) electrons. The van der Waals surface area contributed by atoms with Crippen molar-refractivity contribution in [3.8, 4) is 0 Å². The molecule has 2 N–H and O–H groups in total. The van der Waals surface area contributed by atoms with Crippen molar-refractivity contribution in [1.82, 2.24) is 9.03 Å². The number of hydrogen-bond donors (Lipinski definition) is 2. The summed E-state index contributed by atoms with van der Waals surface area (Å²) in [5.41, 5.74) is 0.219. The molecule has 6 heteroatoms. The van der Waals surface area contributed by atoms with Crippen LogP contribution in [0.25, 0.3) is 0 Å². The molecule has 0 aliphatic rings. The van der Waals surface area contributed by atoms with E-state index in [0.29, 0.717) is 0 Å². The van der Waals surface area contributed by atoms with Crippen molar-refractivity contribution in [2.45, 2.75) is 19.9 Å². The summed E-state index contributed by atoms with van der Waals surface area (Å²) < 4.78 is 27.8. The maximum absolute atomic E-state index is 12.0. The van der Waals surface area contributed by atoms with E-state index in [1.807, 2.05) is 44.2 Å². The van der Waals surface area contributed by atoms with Crippen LogP contribution in [0.4, 0.5) is 0 Å². The summed E-state index contributed by atoms with van der Waals surface area (Å²) in [5.74, 6) is 0. The zero-order valence-electron chi connectivity index (χ0n) is 11.8. The molecule has 0 aliphatic carbocycles. The molecule has 0 amide bonds. The first-order valence-electron chi connectivity index (χ1n) is 6.06. The second-order valence-corrected chi connectivity index (χ2v) is 7.31. The molecule has 0 saturated heterocycles. The molecule has 108 valence electrons. The molecule has 0 aromatic heterocycles. The Balaban J connectivity index is 3.16. The second-order valence-electron chi connectivity index (χ2n) is 5.40. The van der Waals surface area contributed by atoms with Gasteiger partial charge in [-0.3, -0.25) is 0 Å². The van der Waals surface area contributed by atoms with Crippen LogP contribution in [0, 0.1) is 5.41 Å². The van der Waals surface area contributed by atoms with Gasteiger partial charge < -0.3 is 5.11 Å². The summed E-state index contributed by atoms with van der Waals surface area (Å²) in [6.07, 6.45) is 0. The van der Waals surface area contributed by atoms with Crippen LogP contribution in [0.2, 0.25) is 0 Å². The van der Waals surface area contributed by atoms with Crippen LogP contribution in [0.5, 0.6) is 0 Å². The quantitative estimate of drug-likeness (QED) is 0.824. The lowest BCUT2D eigenvalue weighted by molar-refractivity contribution is 0.125. The smallest absolute Gasteiger partial charge is 0.279 e. The van der Waals surface area contributed by atoms with E-state index >= 15 is 0 Å². The van der Waals surface area contributed by atoms with Gasteiger partial charge in [0.1, 0.15) is 0 Å². The first-order valence-corrected chi connectivity index (χ1v) is 7.50. The van der Waals surface area contributed by atoms with Gasteiger partial charge in [-0.25, -0.2) is 0 Å². The van der Waals surface area contributed by atoms with E-state index in [-0.39, 0.29) is 6.61 Å². The average Bonchev–Trinajstić information content (AvgIpc) is 2.36. The molecule has 0 spiro atoms. The molecule has 19 heavy (non-hydrogen) atoms. The minimum absolute atomic E-state index is 0.123. The summed E-state index contributed by atoms with van der Waals surface area (Å²) in [7, 11) is -0.629. The third-order valence-electron chi connectivity index (χ3n) is 3.07. The van der Waals surface area contributed by atoms with E-state index in [1.54, 1.807) is 0 Å². The van der Waals surface area contributed by atoms with Gasteiger partial charge in [0, 0.05) is 19.5 Å². The fraction of sp³-hybridized carbons (Fsp3) is 0.538. The van der Waals surface area contributed by atoms with Crippen LogP contribution in [-0.4, -0.2) is 38.5 Å². The molecule has 0 saturated carbocycles. The van der Waals surface area contributed by atoms with Gasteiger partial charge >= 0.3 is 0 Å². The van der Waals surface area contributed by atoms with Crippen LogP contribution in [0.15, 0.2) is 30.3 Å². The monoisotopic (exact) mass is 286 g/mol. The van der Waals surface area contributed by atoms with Gasteiger partial charge in [-0.2, -0.15) is 17.4 Å². The zero-order valence-corrected chi connectivity index (χ0v) is 12.6. The number of aliphatic hydroxyl groups excluding tert-OH is 1. The number of nitrogens with zero attached hydrogens (tertiary/aromatic N) is 1. The van der Waals surface area contributed by atoms with E-state index in [1.165, 1.54) is 14.1 Å². The molecule has 1 atom stereocenters. The van der Waals surface area contributed by atoms with Crippen LogP contribution >= 0.6 is 0 Å². The van der Waals surface area contributed by atoms with Crippen LogP contribution in [0.3, 0.4) is 0 Å². The second kappa shape index (κ2) is 6.00.